The van der Waals surface area contributed by atoms with Gasteiger partial charge in [-0.2, -0.15) is 0 Å². The lowest BCUT2D eigenvalue weighted by Crippen LogP contribution is -2.44. The van der Waals surface area contributed by atoms with Gasteiger partial charge in [-0.25, -0.2) is 4.98 Å². The summed E-state index contributed by atoms with van der Waals surface area (Å²) in [5, 5.41) is 7.13. The van der Waals surface area contributed by atoms with E-state index in [-0.39, 0.29) is 0 Å². The van der Waals surface area contributed by atoms with Gasteiger partial charge in [0.15, 0.2) is 0 Å². The van der Waals surface area contributed by atoms with Gasteiger partial charge in [0.05, 0.1) is 11.9 Å². The van der Waals surface area contributed by atoms with E-state index in [1.165, 1.54) is 31.4 Å². The molecule has 0 amide bonds. The first-order valence-corrected chi connectivity index (χ1v) is 8.66. The molecule has 1 aromatic heterocycles. The van der Waals surface area contributed by atoms with Gasteiger partial charge in [-0.1, -0.05) is 24.6 Å². The monoisotopic (exact) mass is 308 g/mol. The summed E-state index contributed by atoms with van der Waals surface area (Å²) in [4.78, 5) is 7.08. The molecule has 2 aromatic rings. The van der Waals surface area contributed by atoms with Crippen LogP contribution in [-0.2, 0) is 0 Å². The number of benzene rings is 1. The van der Waals surface area contributed by atoms with Crippen LogP contribution in [0.1, 0.15) is 25.7 Å². The minimum atomic E-state index is 0.637. The van der Waals surface area contributed by atoms with Crippen LogP contribution in [-0.4, -0.2) is 30.2 Å². The highest BCUT2D eigenvalue weighted by Gasteiger charge is 2.27. The first-order chi connectivity index (χ1) is 11.4. The number of piperidine rings is 1. The van der Waals surface area contributed by atoms with Gasteiger partial charge in [0.2, 0.25) is 0 Å². The van der Waals surface area contributed by atoms with E-state index in [4.69, 9.17) is 0 Å². The summed E-state index contributed by atoms with van der Waals surface area (Å²) in [6.07, 6.45) is 7.24. The van der Waals surface area contributed by atoms with E-state index in [9.17, 15) is 0 Å². The Hall–Kier alpha value is -2.07. The lowest BCUT2D eigenvalue weighted by Gasteiger charge is -2.29. The molecule has 0 aliphatic carbocycles. The van der Waals surface area contributed by atoms with Crippen molar-refractivity contribution in [2.45, 2.75) is 37.8 Å². The Labute approximate surface area is 137 Å². The molecular weight excluding hydrogens is 284 g/mol. The van der Waals surface area contributed by atoms with E-state index in [0.717, 1.165) is 24.6 Å². The van der Waals surface area contributed by atoms with Gasteiger partial charge >= 0.3 is 0 Å². The van der Waals surface area contributed by atoms with Crippen LogP contribution in [0, 0.1) is 0 Å². The maximum Gasteiger partial charge on any atom is 0.130 e. The second-order valence-corrected chi connectivity index (χ2v) is 6.62. The largest absolute Gasteiger partial charge is 0.369 e. The number of fused-ring (bicyclic) bond motifs is 2. The summed E-state index contributed by atoms with van der Waals surface area (Å²) in [5.74, 6) is 0.895. The normalized spacial score (nSPS) is 24.1. The highest BCUT2D eigenvalue weighted by atomic mass is 15.2. The number of aromatic nitrogens is 1. The number of nitrogens with zero attached hydrogens (tertiary/aromatic N) is 2. The molecule has 4 rings (SSSR count). The molecule has 4 nitrogen and oxygen atoms in total. The Morgan fingerprint density at radius 3 is 2.70 bits per heavy atom. The molecule has 2 N–H and O–H groups in total. The molecule has 23 heavy (non-hydrogen) atoms. The van der Waals surface area contributed by atoms with Gasteiger partial charge < -0.3 is 15.5 Å². The number of hydrogen-bond acceptors (Lipinski definition) is 4. The number of pyridine rings is 1. The predicted octanol–water partition coefficient (Wildman–Crippen LogP) is 3.55. The van der Waals surface area contributed by atoms with Crippen molar-refractivity contribution in [2.75, 3.05) is 23.3 Å². The van der Waals surface area contributed by atoms with Crippen LogP contribution >= 0.6 is 0 Å². The molecule has 3 heterocycles. The molecule has 2 aliphatic heterocycles. The molecule has 0 radical (unpaired) electrons. The molecule has 4 heteroatoms. The molecule has 2 bridgehead atoms. The highest BCUT2D eigenvalue weighted by Crippen LogP contribution is 2.24. The fourth-order valence-corrected chi connectivity index (χ4v) is 3.70. The Kier molecular flexibility index (Phi) is 4.16. The summed E-state index contributed by atoms with van der Waals surface area (Å²) >= 11 is 0. The molecule has 2 aliphatic rings. The molecular formula is C19H24N4. The summed E-state index contributed by atoms with van der Waals surface area (Å²) in [6, 6.07) is 15.8. The standard InChI is InChI=1S/C19H24N4/c1-2-5-15(6-3-1)22-19-10-9-18(13-20-19)23-12-11-16-7-4-8-17(14-23)21-16/h1-3,5-6,9-10,13,16-17,21H,4,7-8,11-12,14H2,(H,20,22). The van der Waals surface area contributed by atoms with Crippen molar-refractivity contribution < 1.29 is 0 Å². The minimum absolute atomic E-state index is 0.637. The minimum Gasteiger partial charge on any atom is -0.369 e. The van der Waals surface area contributed by atoms with Crippen LogP contribution in [0.4, 0.5) is 17.2 Å². The summed E-state index contributed by atoms with van der Waals surface area (Å²) in [6.45, 7) is 2.23. The average Bonchev–Trinajstić information content (AvgIpc) is 2.74. The fourth-order valence-electron chi connectivity index (χ4n) is 3.70. The second kappa shape index (κ2) is 6.59. The Bertz CT molecular complexity index is 626. The maximum absolute atomic E-state index is 4.59. The summed E-state index contributed by atoms with van der Waals surface area (Å²) < 4.78 is 0. The third kappa shape index (κ3) is 3.48. The first-order valence-electron chi connectivity index (χ1n) is 8.66. The van der Waals surface area contributed by atoms with E-state index < -0.39 is 0 Å². The molecule has 1 aromatic carbocycles. The molecule has 2 unspecified atom stereocenters. The van der Waals surface area contributed by atoms with Crippen LogP contribution in [0.25, 0.3) is 0 Å². The summed E-state index contributed by atoms with van der Waals surface area (Å²) in [5.41, 5.74) is 2.30. The van der Waals surface area contributed by atoms with E-state index in [1.54, 1.807) is 0 Å². The number of rotatable bonds is 3. The van der Waals surface area contributed by atoms with Crippen LogP contribution in [0.5, 0.6) is 0 Å². The lowest BCUT2D eigenvalue weighted by molar-refractivity contribution is 0.336. The number of para-hydroxylation sites is 1. The molecule has 0 saturated carbocycles. The zero-order valence-corrected chi connectivity index (χ0v) is 13.4. The van der Waals surface area contributed by atoms with Gasteiger partial charge in [0, 0.05) is 30.9 Å². The fraction of sp³-hybridized carbons (Fsp3) is 0.421. The highest BCUT2D eigenvalue weighted by molar-refractivity contribution is 5.58. The van der Waals surface area contributed by atoms with E-state index in [0.29, 0.717) is 12.1 Å². The van der Waals surface area contributed by atoms with Gasteiger partial charge in [0.25, 0.3) is 0 Å². The molecule has 2 fully saturated rings. The van der Waals surface area contributed by atoms with E-state index >= 15 is 0 Å². The number of anilines is 3. The van der Waals surface area contributed by atoms with Gasteiger partial charge in [-0.05, 0) is 43.5 Å². The Balaban J connectivity index is 1.45. The third-order valence-electron chi connectivity index (χ3n) is 4.92. The first kappa shape index (κ1) is 14.5. The van der Waals surface area contributed by atoms with Crippen molar-refractivity contribution in [3.05, 3.63) is 48.7 Å². The molecule has 2 atom stereocenters. The van der Waals surface area contributed by atoms with Gasteiger partial charge in [0.1, 0.15) is 5.82 Å². The lowest BCUT2D eigenvalue weighted by atomic mass is 9.98. The van der Waals surface area contributed by atoms with Crippen LogP contribution in [0.2, 0.25) is 0 Å². The van der Waals surface area contributed by atoms with Crippen molar-refractivity contribution in [1.29, 1.82) is 0 Å². The molecule has 0 spiro atoms. The van der Waals surface area contributed by atoms with Crippen molar-refractivity contribution >= 4 is 17.2 Å². The smallest absolute Gasteiger partial charge is 0.130 e. The van der Waals surface area contributed by atoms with Crippen molar-refractivity contribution in [3.63, 3.8) is 0 Å². The van der Waals surface area contributed by atoms with Crippen LogP contribution < -0.4 is 15.5 Å². The van der Waals surface area contributed by atoms with Gasteiger partial charge in [-0.15, -0.1) is 0 Å². The number of hydrogen-bond donors (Lipinski definition) is 2. The quantitative estimate of drug-likeness (QED) is 0.910. The van der Waals surface area contributed by atoms with E-state index in [2.05, 4.69) is 44.8 Å². The topological polar surface area (TPSA) is 40.2 Å². The zero-order valence-electron chi connectivity index (χ0n) is 13.4. The van der Waals surface area contributed by atoms with Crippen LogP contribution in [0.15, 0.2) is 48.7 Å². The second-order valence-electron chi connectivity index (χ2n) is 6.62. The van der Waals surface area contributed by atoms with E-state index in [1.807, 2.05) is 24.4 Å². The zero-order chi connectivity index (χ0) is 15.5. The molecule has 2 saturated heterocycles. The molecule has 120 valence electrons. The average molecular weight is 308 g/mol. The predicted molar refractivity (Wildman–Crippen MR) is 95.4 cm³/mol. The number of nitrogens with one attached hydrogen (secondary N) is 2. The summed E-state index contributed by atoms with van der Waals surface area (Å²) in [7, 11) is 0. The van der Waals surface area contributed by atoms with Crippen molar-refractivity contribution in [3.8, 4) is 0 Å². The van der Waals surface area contributed by atoms with Crippen molar-refractivity contribution in [1.82, 2.24) is 10.3 Å². The SMILES string of the molecule is c1ccc(Nc2ccc(N3CCC4CCCC(C3)N4)cn2)cc1. The van der Waals surface area contributed by atoms with Gasteiger partial charge in [-0.3, -0.25) is 0 Å². The Morgan fingerprint density at radius 1 is 1.00 bits per heavy atom. The Morgan fingerprint density at radius 2 is 1.87 bits per heavy atom. The maximum atomic E-state index is 4.59. The van der Waals surface area contributed by atoms with Crippen LogP contribution in [0.3, 0.4) is 0 Å². The third-order valence-corrected chi connectivity index (χ3v) is 4.92. The van der Waals surface area contributed by atoms with Crippen molar-refractivity contribution in [2.24, 2.45) is 0 Å².